The Morgan fingerprint density at radius 3 is 1.96 bits per heavy atom. The summed E-state index contributed by atoms with van der Waals surface area (Å²) in [5, 5.41) is 1.68. The Labute approximate surface area is 160 Å². The minimum atomic E-state index is -0.209. The van der Waals surface area contributed by atoms with Gasteiger partial charge in [0.2, 0.25) is 0 Å². The van der Waals surface area contributed by atoms with E-state index < -0.39 is 0 Å². The molecule has 0 bridgehead atoms. The fourth-order valence-electron chi connectivity index (χ4n) is 3.77. The molecule has 4 heteroatoms. The van der Waals surface area contributed by atoms with Crippen LogP contribution in [-0.4, -0.2) is 11.9 Å². The molecular formula is C23H28O4. The zero-order valence-electron chi connectivity index (χ0n) is 16.5. The van der Waals surface area contributed by atoms with Gasteiger partial charge < -0.3 is 9.47 Å². The molecule has 1 unspecified atom stereocenters. The van der Waals surface area contributed by atoms with Gasteiger partial charge in [-0.05, 0) is 38.0 Å². The Morgan fingerprint density at radius 1 is 0.926 bits per heavy atom. The van der Waals surface area contributed by atoms with E-state index in [2.05, 4.69) is 6.92 Å². The van der Waals surface area contributed by atoms with E-state index in [1.807, 2.05) is 38.1 Å². The first-order chi connectivity index (χ1) is 13.0. The SMILES string of the molecule is CCCC(=O)Oc1c2c(c(OC(=O)CCC)c3ccccc13)CC(C)CC2. The molecule has 3 rings (SSSR count). The van der Waals surface area contributed by atoms with E-state index in [9.17, 15) is 9.59 Å². The Morgan fingerprint density at radius 2 is 1.44 bits per heavy atom. The van der Waals surface area contributed by atoms with Crippen molar-refractivity contribution in [3.63, 3.8) is 0 Å². The van der Waals surface area contributed by atoms with Gasteiger partial charge in [-0.25, -0.2) is 0 Å². The van der Waals surface area contributed by atoms with E-state index in [-0.39, 0.29) is 11.9 Å². The third kappa shape index (κ3) is 4.15. The molecule has 0 spiro atoms. The lowest BCUT2D eigenvalue weighted by molar-refractivity contribution is -0.135. The second-order valence-electron chi connectivity index (χ2n) is 7.46. The number of benzene rings is 2. The van der Waals surface area contributed by atoms with Crippen molar-refractivity contribution in [3.05, 3.63) is 35.4 Å². The summed E-state index contributed by atoms with van der Waals surface area (Å²) in [5.41, 5.74) is 2.05. The van der Waals surface area contributed by atoms with E-state index in [1.54, 1.807) is 0 Å². The summed E-state index contributed by atoms with van der Waals surface area (Å²) in [4.78, 5) is 24.5. The van der Waals surface area contributed by atoms with Crippen molar-refractivity contribution < 1.29 is 19.1 Å². The van der Waals surface area contributed by atoms with Gasteiger partial charge in [0.1, 0.15) is 11.5 Å². The van der Waals surface area contributed by atoms with Gasteiger partial charge in [0.15, 0.2) is 0 Å². The number of fused-ring (bicyclic) bond motifs is 2. The number of rotatable bonds is 6. The zero-order chi connectivity index (χ0) is 19.4. The van der Waals surface area contributed by atoms with Crippen LogP contribution in [0.5, 0.6) is 11.5 Å². The molecule has 0 radical (unpaired) electrons. The summed E-state index contributed by atoms with van der Waals surface area (Å²) in [6.45, 7) is 6.14. The molecule has 2 aromatic rings. The van der Waals surface area contributed by atoms with Crippen LogP contribution in [0.4, 0.5) is 0 Å². The fraction of sp³-hybridized carbons (Fsp3) is 0.478. The van der Waals surface area contributed by atoms with Crippen LogP contribution in [0.25, 0.3) is 10.8 Å². The standard InChI is InChI=1S/C23H28O4/c1-4-8-20(24)26-22-16-10-6-7-11-17(16)23(27-21(25)9-5-2)19-14-15(3)12-13-18(19)22/h6-7,10-11,15H,4-5,8-9,12-14H2,1-3H3. The van der Waals surface area contributed by atoms with E-state index in [1.165, 1.54) is 0 Å². The number of ether oxygens (including phenoxy) is 2. The summed E-state index contributed by atoms with van der Waals surface area (Å²) in [5.74, 6) is 1.39. The van der Waals surface area contributed by atoms with Crippen molar-refractivity contribution >= 4 is 22.7 Å². The maximum Gasteiger partial charge on any atom is 0.311 e. The number of carbonyl (C=O) groups excluding carboxylic acids is 2. The van der Waals surface area contributed by atoms with Gasteiger partial charge in [0.25, 0.3) is 0 Å². The predicted molar refractivity (Wildman–Crippen MR) is 106 cm³/mol. The first-order valence-electron chi connectivity index (χ1n) is 10.0. The lowest BCUT2D eigenvalue weighted by atomic mass is 9.82. The number of hydrogen-bond donors (Lipinski definition) is 0. The number of hydrogen-bond acceptors (Lipinski definition) is 4. The van der Waals surface area contributed by atoms with Gasteiger partial charge in [0, 0.05) is 34.7 Å². The molecule has 0 aromatic heterocycles. The van der Waals surface area contributed by atoms with Crippen molar-refractivity contribution in [1.82, 2.24) is 0 Å². The summed E-state index contributed by atoms with van der Waals surface area (Å²) in [6, 6.07) is 7.74. The lowest BCUT2D eigenvalue weighted by Gasteiger charge is -2.27. The van der Waals surface area contributed by atoms with Crippen LogP contribution in [0.2, 0.25) is 0 Å². The van der Waals surface area contributed by atoms with E-state index in [4.69, 9.17) is 9.47 Å². The van der Waals surface area contributed by atoms with Gasteiger partial charge in [0.05, 0.1) is 0 Å². The molecule has 0 fully saturated rings. The lowest BCUT2D eigenvalue weighted by Crippen LogP contribution is -2.18. The largest absolute Gasteiger partial charge is 0.426 e. The summed E-state index contributed by atoms with van der Waals surface area (Å²) in [6.07, 6.45) is 4.98. The predicted octanol–water partition coefficient (Wildman–Crippen LogP) is 5.38. The molecule has 1 aliphatic rings. The topological polar surface area (TPSA) is 52.6 Å². The molecule has 144 valence electrons. The molecule has 4 nitrogen and oxygen atoms in total. The average Bonchev–Trinajstić information content (AvgIpc) is 2.64. The highest BCUT2D eigenvalue weighted by atomic mass is 16.5. The van der Waals surface area contributed by atoms with Gasteiger partial charge in [-0.15, -0.1) is 0 Å². The van der Waals surface area contributed by atoms with Gasteiger partial charge in [-0.3, -0.25) is 9.59 Å². The van der Waals surface area contributed by atoms with Gasteiger partial charge in [-0.2, -0.15) is 0 Å². The van der Waals surface area contributed by atoms with Crippen LogP contribution in [0.3, 0.4) is 0 Å². The minimum absolute atomic E-state index is 0.209. The van der Waals surface area contributed by atoms with Crippen molar-refractivity contribution in [2.45, 2.75) is 65.7 Å². The normalized spacial score (nSPS) is 16.0. The highest BCUT2D eigenvalue weighted by Crippen LogP contribution is 2.45. The van der Waals surface area contributed by atoms with Crippen LogP contribution in [0, 0.1) is 5.92 Å². The Hall–Kier alpha value is -2.36. The quantitative estimate of drug-likeness (QED) is 0.508. The Kier molecular flexibility index (Phi) is 6.15. The highest BCUT2D eigenvalue weighted by molar-refractivity contribution is 5.98. The third-order valence-electron chi connectivity index (χ3n) is 5.11. The summed E-state index contributed by atoms with van der Waals surface area (Å²) < 4.78 is 11.7. The Bertz CT molecular complexity index is 853. The van der Waals surface area contributed by atoms with Crippen molar-refractivity contribution in [3.8, 4) is 11.5 Å². The molecule has 0 aliphatic heterocycles. The summed E-state index contributed by atoms with van der Waals surface area (Å²) in [7, 11) is 0. The Balaban J connectivity index is 2.18. The first kappa shape index (κ1) is 19.4. The van der Waals surface area contributed by atoms with E-state index >= 15 is 0 Å². The highest BCUT2D eigenvalue weighted by Gasteiger charge is 2.28. The average molecular weight is 368 g/mol. The van der Waals surface area contributed by atoms with Crippen molar-refractivity contribution in [1.29, 1.82) is 0 Å². The molecule has 27 heavy (non-hydrogen) atoms. The molecule has 2 aromatic carbocycles. The van der Waals surface area contributed by atoms with Gasteiger partial charge in [-0.1, -0.05) is 45.0 Å². The maximum absolute atomic E-state index is 12.3. The molecule has 0 N–H and O–H groups in total. The number of esters is 2. The van der Waals surface area contributed by atoms with E-state index in [0.29, 0.717) is 30.3 Å². The molecule has 0 heterocycles. The molecule has 0 saturated heterocycles. The van der Waals surface area contributed by atoms with Gasteiger partial charge >= 0.3 is 11.9 Å². The van der Waals surface area contributed by atoms with Crippen LogP contribution in [0.1, 0.15) is 64.0 Å². The number of carbonyl (C=O) groups is 2. The monoisotopic (exact) mass is 368 g/mol. The van der Waals surface area contributed by atoms with E-state index in [0.717, 1.165) is 54.0 Å². The van der Waals surface area contributed by atoms with Crippen molar-refractivity contribution in [2.75, 3.05) is 0 Å². The molecule has 0 amide bonds. The van der Waals surface area contributed by atoms with Crippen LogP contribution in [-0.2, 0) is 22.4 Å². The summed E-state index contributed by atoms with van der Waals surface area (Å²) >= 11 is 0. The van der Waals surface area contributed by atoms with Crippen molar-refractivity contribution in [2.24, 2.45) is 5.92 Å². The van der Waals surface area contributed by atoms with Crippen LogP contribution in [0.15, 0.2) is 24.3 Å². The third-order valence-corrected chi connectivity index (χ3v) is 5.11. The molecule has 0 saturated carbocycles. The van der Waals surface area contributed by atoms with Crippen LogP contribution >= 0.6 is 0 Å². The second kappa shape index (κ2) is 8.55. The minimum Gasteiger partial charge on any atom is -0.426 e. The molecule has 1 aliphatic carbocycles. The molecule has 1 atom stereocenters. The fourth-order valence-corrected chi connectivity index (χ4v) is 3.77. The smallest absolute Gasteiger partial charge is 0.311 e. The zero-order valence-corrected chi connectivity index (χ0v) is 16.5. The first-order valence-corrected chi connectivity index (χ1v) is 10.0. The maximum atomic E-state index is 12.3. The van der Waals surface area contributed by atoms with Crippen LogP contribution < -0.4 is 9.47 Å². The molecular weight excluding hydrogens is 340 g/mol. The second-order valence-corrected chi connectivity index (χ2v) is 7.46.